The Kier molecular flexibility index (Phi) is 4.61. The molecule has 1 aromatic rings. The van der Waals surface area contributed by atoms with Crippen molar-refractivity contribution in [2.24, 2.45) is 11.3 Å². The molecule has 0 unspecified atom stereocenters. The maximum absolute atomic E-state index is 12.6. The number of carbonyl (C=O) groups excluding carboxylic acids is 2. The topological polar surface area (TPSA) is 90.8 Å². The normalized spacial score (nSPS) is 24.2. The number of carboxylic acids is 1. The SMILES string of the molecule is O=C(O)[C@@H]1CC2(CCN(C(=O)Cc3cccnc3)CC2)CN1C(=O)C1CC1. The highest BCUT2D eigenvalue weighted by Gasteiger charge is 2.52. The number of aromatic nitrogens is 1. The number of nitrogens with zero attached hydrogens (tertiary/aromatic N) is 3. The van der Waals surface area contributed by atoms with E-state index in [-0.39, 0.29) is 23.1 Å². The van der Waals surface area contributed by atoms with Crippen molar-refractivity contribution >= 4 is 17.8 Å². The molecule has 2 aliphatic heterocycles. The molecule has 2 amide bonds. The highest BCUT2D eigenvalue weighted by atomic mass is 16.4. The van der Waals surface area contributed by atoms with E-state index in [2.05, 4.69) is 4.98 Å². The van der Waals surface area contributed by atoms with Gasteiger partial charge in [-0.2, -0.15) is 0 Å². The zero-order chi connectivity index (χ0) is 19.0. The van der Waals surface area contributed by atoms with Crippen LogP contribution in [0.15, 0.2) is 24.5 Å². The van der Waals surface area contributed by atoms with E-state index in [0.717, 1.165) is 31.2 Å². The summed E-state index contributed by atoms with van der Waals surface area (Å²) in [4.78, 5) is 44.3. The van der Waals surface area contributed by atoms with Crippen LogP contribution in [0, 0.1) is 11.3 Å². The van der Waals surface area contributed by atoms with Crippen molar-refractivity contribution in [2.45, 2.75) is 44.6 Å². The van der Waals surface area contributed by atoms with Crippen LogP contribution in [0.3, 0.4) is 0 Å². The standard InChI is InChI=1S/C20H25N3O4/c24-17(10-14-2-1-7-21-12-14)22-8-5-20(6-9-22)11-16(19(26)27)23(13-20)18(25)15-3-4-15/h1-2,7,12,15-16H,3-6,8-11,13H2,(H,26,27)/t16-/m0/s1. The second-order valence-electron chi connectivity index (χ2n) is 8.22. The number of carboxylic acid groups (broad SMARTS) is 1. The molecule has 1 spiro atoms. The predicted octanol–water partition coefficient (Wildman–Crippen LogP) is 1.33. The van der Waals surface area contributed by atoms with Gasteiger partial charge in [0.25, 0.3) is 0 Å². The number of hydrogen-bond donors (Lipinski definition) is 1. The van der Waals surface area contributed by atoms with Gasteiger partial charge in [-0.1, -0.05) is 6.07 Å². The summed E-state index contributed by atoms with van der Waals surface area (Å²) in [6, 6.07) is 3.01. The van der Waals surface area contributed by atoms with Crippen molar-refractivity contribution in [3.05, 3.63) is 30.1 Å². The Bertz CT molecular complexity index is 739. The van der Waals surface area contributed by atoms with Crippen LogP contribution in [0.2, 0.25) is 0 Å². The second kappa shape index (κ2) is 6.94. The lowest BCUT2D eigenvalue weighted by molar-refractivity contribution is -0.148. The smallest absolute Gasteiger partial charge is 0.326 e. The molecule has 27 heavy (non-hydrogen) atoms. The van der Waals surface area contributed by atoms with Crippen LogP contribution in [0.4, 0.5) is 0 Å². The first-order chi connectivity index (χ1) is 13.0. The predicted molar refractivity (Wildman–Crippen MR) is 96.7 cm³/mol. The molecular formula is C20H25N3O4. The summed E-state index contributed by atoms with van der Waals surface area (Å²) in [6.07, 6.45) is 7.51. The molecule has 1 atom stereocenters. The summed E-state index contributed by atoms with van der Waals surface area (Å²) in [6.45, 7) is 1.76. The van der Waals surface area contributed by atoms with Gasteiger partial charge in [0.2, 0.25) is 11.8 Å². The van der Waals surface area contributed by atoms with Crippen molar-refractivity contribution in [3.8, 4) is 0 Å². The number of amides is 2. The fraction of sp³-hybridized carbons (Fsp3) is 0.600. The van der Waals surface area contributed by atoms with E-state index in [9.17, 15) is 19.5 Å². The molecule has 3 aliphatic rings. The summed E-state index contributed by atoms with van der Waals surface area (Å²) < 4.78 is 0. The van der Waals surface area contributed by atoms with Crippen molar-refractivity contribution in [1.82, 2.24) is 14.8 Å². The molecule has 3 heterocycles. The van der Waals surface area contributed by atoms with Crippen LogP contribution in [0.25, 0.3) is 0 Å². The third kappa shape index (κ3) is 3.68. The molecule has 7 heteroatoms. The van der Waals surface area contributed by atoms with E-state index in [1.807, 2.05) is 17.0 Å². The van der Waals surface area contributed by atoms with Crippen LogP contribution in [-0.4, -0.2) is 63.4 Å². The highest BCUT2D eigenvalue weighted by molar-refractivity contribution is 5.87. The Balaban J connectivity index is 1.38. The van der Waals surface area contributed by atoms with Gasteiger partial charge in [0, 0.05) is 37.9 Å². The number of likely N-dealkylation sites (tertiary alicyclic amines) is 2. The van der Waals surface area contributed by atoms with Gasteiger partial charge in [-0.25, -0.2) is 4.79 Å². The lowest BCUT2D eigenvalue weighted by Gasteiger charge is -2.39. The van der Waals surface area contributed by atoms with Gasteiger partial charge in [0.05, 0.1) is 6.42 Å². The monoisotopic (exact) mass is 371 g/mol. The van der Waals surface area contributed by atoms with Gasteiger partial charge >= 0.3 is 5.97 Å². The fourth-order valence-corrected chi connectivity index (χ4v) is 4.46. The number of rotatable bonds is 4. The van der Waals surface area contributed by atoms with Gasteiger partial charge in [-0.3, -0.25) is 14.6 Å². The zero-order valence-corrected chi connectivity index (χ0v) is 15.3. The Labute approximate surface area is 158 Å². The molecular weight excluding hydrogens is 346 g/mol. The summed E-state index contributed by atoms with van der Waals surface area (Å²) in [5.74, 6) is -0.787. The summed E-state index contributed by atoms with van der Waals surface area (Å²) in [5, 5.41) is 9.59. The number of hydrogen-bond acceptors (Lipinski definition) is 4. The molecule has 1 saturated carbocycles. The number of pyridine rings is 1. The average molecular weight is 371 g/mol. The van der Waals surface area contributed by atoms with E-state index in [1.54, 1.807) is 17.3 Å². The minimum absolute atomic E-state index is 0.00867. The zero-order valence-electron chi connectivity index (χ0n) is 15.3. The number of carbonyl (C=O) groups is 3. The Morgan fingerprint density at radius 3 is 2.56 bits per heavy atom. The van der Waals surface area contributed by atoms with Crippen LogP contribution in [0.1, 0.15) is 37.7 Å². The quantitative estimate of drug-likeness (QED) is 0.862. The molecule has 0 radical (unpaired) electrons. The molecule has 7 nitrogen and oxygen atoms in total. The lowest BCUT2D eigenvalue weighted by atomic mass is 9.76. The van der Waals surface area contributed by atoms with Crippen LogP contribution in [-0.2, 0) is 20.8 Å². The molecule has 1 N–H and O–H groups in total. The van der Waals surface area contributed by atoms with Crippen molar-refractivity contribution in [2.75, 3.05) is 19.6 Å². The first-order valence-electron chi connectivity index (χ1n) is 9.67. The van der Waals surface area contributed by atoms with E-state index in [1.165, 1.54) is 0 Å². The third-order valence-corrected chi connectivity index (χ3v) is 6.26. The largest absolute Gasteiger partial charge is 0.480 e. The Hall–Kier alpha value is -2.44. The van der Waals surface area contributed by atoms with E-state index in [4.69, 9.17) is 0 Å². The van der Waals surface area contributed by atoms with E-state index < -0.39 is 12.0 Å². The average Bonchev–Trinajstić information content (AvgIpc) is 3.45. The lowest BCUT2D eigenvalue weighted by Crippen LogP contribution is -2.45. The third-order valence-electron chi connectivity index (χ3n) is 6.26. The molecule has 2 saturated heterocycles. The fourth-order valence-electron chi connectivity index (χ4n) is 4.46. The van der Waals surface area contributed by atoms with Crippen molar-refractivity contribution in [3.63, 3.8) is 0 Å². The molecule has 0 aromatic carbocycles. The number of piperidine rings is 1. The first-order valence-corrected chi connectivity index (χ1v) is 9.67. The van der Waals surface area contributed by atoms with Gasteiger partial charge in [0.1, 0.15) is 6.04 Å². The maximum atomic E-state index is 12.6. The summed E-state index contributed by atoms with van der Waals surface area (Å²) in [5.41, 5.74) is 0.731. The Morgan fingerprint density at radius 1 is 1.22 bits per heavy atom. The molecule has 144 valence electrons. The molecule has 1 aromatic heterocycles. The van der Waals surface area contributed by atoms with Crippen molar-refractivity contribution < 1.29 is 19.5 Å². The van der Waals surface area contributed by atoms with Gasteiger partial charge in [-0.15, -0.1) is 0 Å². The molecule has 0 bridgehead atoms. The van der Waals surface area contributed by atoms with Gasteiger partial charge < -0.3 is 14.9 Å². The van der Waals surface area contributed by atoms with Gasteiger partial charge in [-0.05, 0) is 49.1 Å². The van der Waals surface area contributed by atoms with E-state index >= 15 is 0 Å². The minimum Gasteiger partial charge on any atom is -0.480 e. The summed E-state index contributed by atoms with van der Waals surface area (Å²) in [7, 11) is 0. The maximum Gasteiger partial charge on any atom is 0.326 e. The van der Waals surface area contributed by atoms with Crippen LogP contribution in [0.5, 0.6) is 0 Å². The van der Waals surface area contributed by atoms with E-state index in [0.29, 0.717) is 32.5 Å². The second-order valence-corrected chi connectivity index (χ2v) is 8.22. The van der Waals surface area contributed by atoms with Crippen LogP contribution < -0.4 is 0 Å². The minimum atomic E-state index is -0.907. The van der Waals surface area contributed by atoms with Gasteiger partial charge in [0.15, 0.2) is 0 Å². The molecule has 1 aliphatic carbocycles. The van der Waals surface area contributed by atoms with Crippen molar-refractivity contribution in [1.29, 1.82) is 0 Å². The molecule has 3 fully saturated rings. The highest BCUT2D eigenvalue weighted by Crippen LogP contribution is 2.45. The van der Waals surface area contributed by atoms with Crippen LogP contribution >= 0.6 is 0 Å². The molecule has 4 rings (SSSR count). The first kappa shape index (κ1) is 17.9. The summed E-state index contributed by atoms with van der Waals surface area (Å²) >= 11 is 0. The Morgan fingerprint density at radius 2 is 1.96 bits per heavy atom. The number of aliphatic carboxylic acids is 1.